The van der Waals surface area contributed by atoms with Crippen LogP contribution in [0, 0.1) is 0 Å². The number of aliphatic imine (C=N–C) groups is 1. The summed E-state index contributed by atoms with van der Waals surface area (Å²) in [5, 5.41) is 10.4. The van der Waals surface area contributed by atoms with Gasteiger partial charge < -0.3 is 35.5 Å². The average Bonchev–Trinajstić information content (AvgIpc) is 3.11. The monoisotopic (exact) mass is 431 g/mol. The summed E-state index contributed by atoms with van der Waals surface area (Å²) in [4.78, 5) is 16.1. The first-order valence-electron chi connectivity index (χ1n) is 10.1. The Balaban J connectivity index is 1.94. The van der Waals surface area contributed by atoms with Gasteiger partial charge in [0.2, 0.25) is 5.76 Å². The number of ether oxygens (including phenoxy) is 4. The van der Waals surface area contributed by atoms with Crippen LogP contribution in [0.4, 0.5) is 0 Å². The summed E-state index contributed by atoms with van der Waals surface area (Å²) in [7, 11) is 0. The minimum absolute atomic E-state index is 0.0258. The Morgan fingerprint density at radius 3 is 2.77 bits per heavy atom. The molecule has 0 spiro atoms. The van der Waals surface area contributed by atoms with Gasteiger partial charge in [-0.15, -0.1) is 0 Å². The van der Waals surface area contributed by atoms with Gasteiger partial charge in [0.15, 0.2) is 5.96 Å². The molecule has 0 bridgehead atoms. The van der Waals surface area contributed by atoms with Crippen LogP contribution < -0.4 is 25.7 Å². The third-order valence-electron chi connectivity index (χ3n) is 4.92. The highest BCUT2D eigenvalue weighted by atomic mass is 16.6. The smallest absolute Gasteiger partial charge is 0.374 e. The number of hydrogen-bond acceptors (Lipinski definition) is 7. The van der Waals surface area contributed by atoms with Crippen molar-refractivity contribution in [1.82, 2.24) is 0 Å². The predicted octanol–water partition coefficient (Wildman–Crippen LogP) is 1.66. The number of nitrogens with zero attached hydrogens (tertiary/aromatic N) is 1. The summed E-state index contributed by atoms with van der Waals surface area (Å²) < 4.78 is 22.9. The van der Waals surface area contributed by atoms with Crippen molar-refractivity contribution in [2.75, 3.05) is 19.8 Å². The van der Waals surface area contributed by atoms with Crippen molar-refractivity contribution in [2.45, 2.75) is 45.3 Å². The molecule has 9 nitrogen and oxygen atoms in total. The molecule has 1 aromatic rings. The third kappa shape index (κ3) is 4.93. The summed E-state index contributed by atoms with van der Waals surface area (Å²) in [6.07, 6.45) is 2.11. The summed E-state index contributed by atoms with van der Waals surface area (Å²) in [5.41, 5.74) is 11.7. The molecule has 0 saturated heterocycles. The van der Waals surface area contributed by atoms with E-state index in [0.29, 0.717) is 54.4 Å². The molecule has 0 aromatic heterocycles. The van der Waals surface area contributed by atoms with Gasteiger partial charge in [-0.3, -0.25) is 4.99 Å². The number of nitrogens with two attached hydrogens (primary N) is 2. The highest BCUT2D eigenvalue weighted by Gasteiger charge is 2.39. The highest BCUT2D eigenvalue weighted by Crippen LogP contribution is 2.49. The van der Waals surface area contributed by atoms with Crippen LogP contribution in [-0.4, -0.2) is 48.5 Å². The zero-order valence-corrected chi connectivity index (χ0v) is 18.1. The molecule has 1 atom stereocenters. The topological polar surface area (TPSA) is 139 Å². The van der Waals surface area contributed by atoms with Crippen LogP contribution in [0.25, 0.3) is 5.57 Å². The summed E-state index contributed by atoms with van der Waals surface area (Å²) in [5.74, 6) is 0.943. The molecule has 5 N–H and O–H groups in total. The summed E-state index contributed by atoms with van der Waals surface area (Å²) in [6, 6.07) is 1.69. The van der Waals surface area contributed by atoms with E-state index in [1.807, 2.05) is 0 Å². The molecule has 0 aliphatic carbocycles. The van der Waals surface area contributed by atoms with Crippen molar-refractivity contribution in [3.8, 4) is 17.2 Å². The number of benzene rings is 1. The molecule has 0 fully saturated rings. The molecule has 3 rings (SSSR count). The molecule has 0 unspecified atom stereocenters. The van der Waals surface area contributed by atoms with Crippen LogP contribution in [-0.2, 0) is 16.0 Å². The van der Waals surface area contributed by atoms with E-state index in [1.54, 1.807) is 26.8 Å². The zero-order chi connectivity index (χ0) is 22.8. The molecule has 0 saturated carbocycles. The van der Waals surface area contributed by atoms with Gasteiger partial charge in [-0.25, -0.2) is 4.79 Å². The number of guanidine groups is 1. The number of fused-ring (bicyclic) bond motifs is 2. The molecule has 2 aliphatic heterocycles. The maximum Gasteiger partial charge on any atom is 0.374 e. The third-order valence-corrected chi connectivity index (χ3v) is 4.92. The lowest BCUT2D eigenvalue weighted by Gasteiger charge is -2.24. The molecule has 9 heteroatoms. The molecular formula is C22H29N3O6. The van der Waals surface area contributed by atoms with E-state index in [9.17, 15) is 9.90 Å². The van der Waals surface area contributed by atoms with Gasteiger partial charge in [-0.05, 0) is 32.4 Å². The quantitative estimate of drug-likeness (QED) is 0.244. The molecule has 31 heavy (non-hydrogen) atoms. The normalized spacial score (nSPS) is 17.0. The van der Waals surface area contributed by atoms with Crippen molar-refractivity contribution in [2.24, 2.45) is 16.5 Å². The second-order valence-corrected chi connectivity index (χ2v) is 7.88. The maximum absolute atomic E-state index is 12.2. The van der Waals surface area contributed by atoms with Gasteiger partial charge in [-0.1, -0.05) is 6.58 Å². The van der Waals surface area contributed by atoms with E-state index in [0.717, 1.165) is 5.56 Å². The number of esters is 1. The van der Waals surface area contributed by atoms with Gasteiger partial charge in [0.25, 0.3) is 0 Å². The Labute approximate surface area is 181 Å². The zero-order valence-electron chi connectivity index (χ0n) is 18.1. The minimum atomic E-state index is -1.06. The Morgan fingerprint density at radius 1 is 1.39 bits per heavy atom. The van der Waals surface area contributed by atoms with Crippen molar-refractivity contribution in [1.29, 1.82) is 0 Å². The van der Waals surface area contributed by atoms with Crippen molar-refractivity contribution >= 4 is 17.5 Å². The minimum Gasteiger partial charge on any atom is -0.492 e. The Bertz CT molecular complexity index is 942. The van der Waals surface area contributed by atoms with E-state index in [-0.39, 0.29) is 18.3 Å². The highest BCUT2D eigenvalue weighted by molar-refractivity contribution is 5.95. The van der Waals surface area contributed by atoms with E-state index in [1.165, 1.54) is 6.08 Å². The number of hydrogen-bond donors (Lipinski definition) is 3. The van der Waals surface area contributed by atoms with Gasteiger partial charge in [0, 0.05) is 31.0 Å². The SMILES string of the molecule is C=C1C=C(C(=O)OCC)Oc2cc3c(c(OCCCN=C(N)N)c21)C[C@@H](C(C)(C)O)O3. The lowest BCUT2D eigenvalue weighted by atomic mass is 9.93. The number of allylic oxidation sites excluding steroid dienone is 2. The van der Waals surface area contributed by atoms with Gasteiger partial charge in [0.05, 0.1) is 24.4 Å². The average molecular weight is 431 g/mol. The van der Waals surface area contributed by atoms with Gasteiger partial charge in [-0.2, -0.15) is 0 Å². The van der Waals surface area contributed by atoms with Crippen molar-refractivity contribution in [3.63, 3.8) is 0 Å². The Hall–Kier alpha value is -3.20. The van der Waals surface area contributed by atoms with Crippen molar-refractivity contribution < 1.29 is 28.8 Å². The van der Waals surface area contributed by atoms with E-state index in [2.05, 4.69) is 11.6 Å². The van der Waals surface area contributed by atoms with E-state index in [4.69, 9.17) is 30.4 Å². The largest absolute Gasteiger partial charge is 0.492 e. The fourth-order valence-electron chi connectivity index (χ4n) is 3.40. The lowest BCUT2D eigenvalue weighted by molar-refractivity contribution is -0.141. The van der Waals surface area contributed by atoms with E-state index < -0.39 is 17.7 Å². The summed E-state index contributed by atoms with van der Waals surface area (Å²) >= 11 is 0. The Kier molecular flexibility index (Phi) is 6.45. The van der Waals surface area contributed by atoms with Gasteiger partial charge >= 0.3 is 5.97 Å². The number of rotatable bonds is 8. The molecule has 168 valence electrons. The second kappa shape index (κ2) is 8.89. The van der Waals surface area contributed by atoms with Crippen molar-refractivity contribution in [3.05, 3.63) is 35.6 Å². The predicted molar refractivity (Wildman–Crippen MR) is 116 cm³/mol. The summed E-state index contributed by atoms with van der Waals surface area (Å²) in [6.45, 7) is 10.2. The fraction of sp³-hybridized carbons (Fsp3) is 0.455. The lowest BCUT2D eigenvalue weighted by Crippen LogP contribution is -2.39. The Morgan fingerprint density at radius 2 is 2.13 bits per heavy atom. The molecule has 2 aliphatic rings. The first-order valence-corrected chi connectivity index (χ1v) is 10.1. The van der Waals surface area contributed by atoms with Crippen LogP contribution in [0.2, 0.25) is 0 Å². The fourth-order valence-corrected chi connectivity index (χ4v) is 3.40. The first kappa shape index (κ1) is 22.5. The number of carbonyl (C=O) groups is 1. The molecule has 0 amide bonds. The van der Waals surface area contributed by atoms with Crippen LogP contribution >= 0.6 is 0 Å². The van der Waals surface area contributed by atoms with Crippen LogP contribution in [0.1, 0.15) is 38.3 Å². The molecular weight excluding hydrogens is 402 g/mol. The molecule has 1 aromatic carbocycles. The molecule has 2 heterocycles. The van der Waals surface area contributed by atoms with Crippen LogP contribution in [0.3, 0.4) is 0 Å². The number of carbonyl (C=O) groups excluding carboxylic acids is 1. The van der Waals surface area contributed by atoms with E-state index >= 15 is 0 Å². The number of aliphatic hydroxyl groups is 1. The first-order chi connectivity index (χ1) is 14.6. The van der Waals surface area contributed by atoms with Gasteiger partial charge in [0.1, 0.15) is 23.4 Å². The maximum atomic E-state index is 12.2. The molecule has 0 radical (unpaired) electrons. The standard InChI is InChI=1S/C22H29N3O6/c1-5-28-20(26)16-9-12(2)18-15(30-16)11-14-13(10-17(31-14)22(3,4)27)19(18)29-8-6-7-25-21(23)24/h9,11,17,27H,2,5-8,10H2,1,3-4H3,(H4,23,24,25)/t17-/m0/s1. The van der Waals surface area contributed by atoms with Crippen LogP contribution in [0.15, 0.2) is 29.5 Å². The van der Waals surface area contributed by atoms with Crippen LogP contribution in [0.5, 0.6) is 17.2 Å². The second-order valence-electron chi connectivity index (χ2n) is 7.88.